The molecule has 0 aromatic heterocycles. The predicted molar refractivity (Wildman–Crippen MR) is 73.4 cm³/mol. The summed E-state index contributed by atoms with van der Waals surface area (Å²) in [5, 5.41) is 11.9. The fourth-order valence-electron chi connectivity index (χ4n) is 1.65. The number of hydrogen-bond acceptors (Lipinski definition) is 3. The van der Waals surface area contributed by atoms with Crippen molar-refractivity contribution in [1.29, 1.82) is 0 Å². The Morgan fingerprint density at radius 2 is 1.95 bits per heavy atom. The van der Waals surface area contributed by atoms with E-state index in [1.807, 2.05) is 0 Å². The van der Waals surface area contributed by atoms with E-state index in [1.54, 1.807) is 19.1 Å². The Morgan fingerprint density at radius 3 is 2.60 bits per heavy atom. The molecule has 0 saturated heterocycles. The molecule has 104 valence electrons. The number of ether oxygens (including phenoxy) is 1. The summed E-state index contributed by atoms with van der Waals surface area (Å²) in [5.41, 5.74) is 1.36. The second-order valence-corrected chi connectivity index (χ2v) is 4.29. The molecule has 2 aromatic carbocycles. The van der Waals surface area contributed by atoms with Gasteiger partial charge < -0.3 is 15.2 Å². The normalized spacial score (nSPS) is 10.1. The number of carbonyl (C=O) groups excluding carboxylic acids is 1. The minimum atomic E-state index is -0.360. The smallest absolute Gasteiger partial charge is 0.262 e. The summed E-state index contributed by atoms with van der Waals surface area (Å²) in [4.78, 5) is 11.7. The van der Waals surface area contributed by atoms with Crippen LogP contribution < -0.4 is 10.1 Å². The van der Waals surface area contributed by atoms with Crippen LogP contribution in [0.3, 0.4) is 0 Å². The number of nitrogens with one attached hydrogen (secondary N) is 1. The quantitative estimate of drug-likeness (QED) is 0.843. The first-order chi connectivity index (χ1) is 9.54. The van der Waals surface area contributed by atoms with E-state index >= 15 is 0 Å². The number of phenolic OH excluding ortho intramolecular Hbond substituents is 1. The van der Waals surface area contributed by atoms with E-state index in [4.69, 9.17) is 4.74 Å². The van der Waals surface area contributed by atoms with Gasteiger partial charge in [0.05, 0.1) is 0 Å². The van der Waals surface area contributed by atoms with Gasteiger partial charge in [0.25, 0.3) is 5.91 Å². The van der Waals surface area contributed by atoms with Crippen LogP contribution in [-0.4, -0.2) is 17.6 Å². The summed E-state index contributed by atoms with van der Waals surface area (Å²) in [6.07, 6.45) is 0. The fourth-order valence-corrected chi connectivity index (χ4v) is 1.65. The molecule has 0 aliphatic heterocycles. The highest BCUT2D eigenvalue weighted by Gasteiger charge is 2.06. The summed E-state index contributed by atoms with van der Waals surface area (Å²) in [6.45, 7) is 1.60. The molecule has 2 rings (SSSR count). The maximum atomic E-state index is 12.7. The minimum Gasteiger partial charge on any atom is -0.508 e. The van der Waals surface area contributed by atoms with E-state index < -0.39 is 0 Å². The number of halogens is 1. The largest absolute Gasteiger partial charge is 0.508 e. The third-order valence-corrected chi connectivity index (χ3v) is 2.67. The van der Waals surface area contributed by atoms with Crippen LogP contribution in [0.4, 0.5) is 10.1 Å². The zero-order valence-electron chi connectivity index (χ0n) is 10.9. The maximum Gasteiger partial charge on any atom is 0.262 e. The lowest BCUT2D eigenvalue weighted by atomic mass is 10.2. The van der Waals surface area contributed by atoms with E-state index in [0.29, 0.717) is 11.4 Å². The molecule has 0 spiro atoms. The van der Waals surface area contributed by atoms with Gasteiger partial charge in [0.1, 0.15) is 17.3 Å². The topological polar surface area (TPSA) is 58.6 Å². The molecule has 0 heterocycles. The second-order valence-electron chi connectivity index (χ2n) is 4.29. The van der Waals surface area contributed by atoms with Crippen molar-refractivity contribution in [1.82, 2.24) is 0 Å². The van der Waals surface area contributed by atoms with E-state index in [2.05, 4.69) is 5.32 Å². The molecule has 0 bridgehead atoms. The Hall–Kier alpha value is -2.56. The van der Waals surface area contributed by atoms with Gasteiger partial charge >= 0.3 is 0 Å². The number of carbonyl (C=O) groups is 1. The molecule has 20 heavy (non-hydrogen) atoms. The first-order valence-electron chi connectivity index (χ1n) is 6.02. The number of rotatable bonds is 4. The highest BCUT2D eigenvalue weighted by atomic mass is 19.1. The van der Waals surface area contributed by atoms with Crippen molar-refractivity contribution in [2.24, 2.45) is 0 Å². The monoisotopic (exact) mass is 275 g/mol. The van der Waals surface area contributed by atoms with Crippen LogP contribution in [0.2, 0.25) is 0 Å². The van der Waals surface area contributed by atoms with Crippen molar-refractivity contribution in [2.45, 2.75) is 6.92 Å². The van der Waals surface area contributed by atoms with Crippen LogP contribution in [0.15, 0.2) is 42.5 Å². The van der Waals surface area contributed by atoms with Crippen LogP contribution in [0.5, 0.6) is 11.5 Å². The average Bonchev–Trinajstić information content (AvgIpc) is 2.41. The molecular formula is C15H14FNO3. The highest BCUT2D eigenvalue weighted by molar-refractivity contribution is 5.92. The summed E-state index contributed by atoms with van der Waals surface area (Å²) < 4.78 is 17.9. The molecule has 2 aromatic rings. The number of anilines is 1. The molecule has 0 unspecified atom stereocenters. The lowest BCUT2D eigenvalue weighted by Crippen LogP contribution is -2.20. The summed E-state index contributed by atoms with van der Waals surface area (Å²) >= 11 is 0. The van der Waals surface area contributed by atoms with Gasteiger partial charge in [0.15, 0.2) is 6.61 Å². The zero-order chi connectivity index (χ0) is 14.5. The first-order valence-corrected chi connectivity index (χ1v) is 6.02. The molecule has 0 saturated carbocycles. The van der Waals surface area contributed by atoms with E-state index in [1.165, 1.54) is 30.3 Å². The van der Waals surface area contributed by atoms with Crippen LogP contribution in [0.25, 0.3) is 0 Å². The summed E-state index contributed by atoms with van der Waals surface area (Å²) in [5.74, 6) is -0.128. The van der Waals surface area contributed by atoms with E-state index in [-0.39, 0.29) is 24.1 Å². The van der Waals surface area contributed by atoms with E-state index in [0.717, 1.165) is 5.56 Å². The maximum absolute atomic E-state index is 12.7. The number of aryl methyl sites for hydroxylation is 1. The highest BCUT2D eigenvalue weighted by Crippen LogP contribution is 2.20. The van der Waals surface area contributed by atoms with Crippen molar-refractivity contribution in [2.75, 3.05) is 11.9 Å². The first kappa shape index (κ1) is 13.9. The molecule has 4 nitrogen and oxygen atoms in total. The molecular weight excluding hydrogens is 261 g/mol. The van der Waals surface area contributed by atoms with Crippen LogP contribution in [-0.2, 0) is 4.79 Å². The Bertz CT molecular complexity index is 611. The zero-order valence-corrected chi connectivity index (χ0v) is 10.9. The number of aromatic hydroxyl groups is 1. The molecule has 1 amide bonds. The number of hydrogen-bond donors (Lipinski definition) is 2. The van der Waals surface area contributed by atoms with Crippen LogP contribution in [0, 0.1) is 12.7 Å². The van der Waals surface area contributed by atoms with Crippen molar-refractivity contribution in [3.8, 4) is 11.5 Å². The third-order valence-electron chi connectivity index (χ3n) is 2.67. The molecule has 2 N–H and O–H groups in total. The molecule has 0 fully saturated rings. The van der Waals surface area contributed by atoms with Crippen molar-refractivity contribution < 1.29 is 19.0 Å². The molecule has 5 heteroatoms. The van der Waals surface area contributed by atoms with Crippen LogP contribution >= 0.6 is 0 Å². The van der Waals surface area contributed by atoms with Crippen molar-refractivity contribution in [3.63, 3.8) is 0 Å². The van der Waals surface area contributed by atoms with Gasteiger partial charge in [0.2, 0.25) is 0 Å². The van der Waals surface area contributed by atoms with Crippen LogP contribution in [0.1, 0.15) is 5.56 Å². The minimum absolute atomic E-state index is 0.142. The predicted octanol–water partition coefficient (Wildman–Crippen LogP) is 2.86. The van der Waals surface area contributed by atoms with Gasteiger partial charge in [0, 0.05) is 5.69 Å². The van der Waals surface area contributed by atoms with Gasteiger partial charge in [-0.15, -0.1) is 0 Å². The molecule has 0 aliphatic carbocycles. The Kier molecular flexibility index (Phi) is 4.20. The lowest BCUT2D eigenvalue weighted by molar-refractivity contribution is -0.118. The van der Waals surface area contributed by atoms with Gasteiger partial charge in [-0.05, 0) is 55.0 Å². The van der Waals surface area contributed by atoms with Gasteiger partial charge in [-0.3, -0.25) is 4.79 Å². The number of benzene rings is 2. The molecule has 0 atom stereocenters. The molecule has 0 aliphatic rings. The van der Waals surface area contributed by atoms with E-state index in [9.17, 15) is 14.3 Å². The van der Waals surface area contributed by atoms with Crippen molar-refractivity contribution in [3.05, 3.63) is 53.8 Å². The third kappa shape index (κ3) is 3.71. The van der Waals surface area contributed by atoms with Gasteiger partial charge in [-0.1, -0.05) is 0 Å². The summed E-state index contributed by atoms with van der Waals surface area (Å²) in [7, 11) is 0. The average molecular weight is 275 g/mol. The standard InChI is InChI=1S/C15H14FNO3/c1-10-8-12(18)4-7-14(10)17-15(19)9-20-13-5-2-11(16)3-6-13/h2-8,18H,9H2,1H3,(H,17,19). The SMILES string of the molecule is Cc1cc(O)ccc1NC(=O)COc1ccc(F)cc1. The Labute approximate surface area is 115 Å². The number of phenols is 1. The molecule has 0 radical (unpaired) electrons. The Balaban J connectivity index is 1.90. The van der Waals surface area contributed by atoms with Gasteiger partial charge in [-0.2, -0.15) is 0 Å². The van der Waals surface area contributed by atoms with Gasteiger partial charge in [-0.25, -0.2) is 4.39 Å². The summed E-state index contributed by atoms with van der Waals surface area (Å²) in [6, 6.07) is 10.1. The van der Waals surface area contributed by atoms with Crippen molar-refractivity contribution >= 4 is 11.6 Å². The Morgan fingerprint density at radius 1 is 1.25 bits per heavy atom. The lowest BCUT2D eigenvalue weighted by Gasteiger charge is -2.09. The second kappa shape index (κ2) is 6.06. The number of amides is 1. The fraction of sp³-hybridized carbons (Fsp3) is 0.133.